The summed E-state index contributed by atoms with van der Waals surface area (Å²) in [6.45, 7) is 12.1. The lowest BCUT2D eigenvalue weighted by molar-refractivity contribution is -0.133. The second-order valence-corrected chi connectivity index (χ2v) is 10.2. The van der Waals surface area contributed by atoms with E-state index in [1.165, 1.54) is 0 Å². The van der Waals surface area contributed by atoms with Crippen LogP contribution in [0.4, 0.5) is 0 Å². The van der Waals surface area contributed by atoms with E-state index in [9.17, 15) is 14.4 Å². The summed E-state index contributed by atoms with van der Waals surface area (Å²) >= 11 is 0. The van der Waals surface area contributed by atoms with Crippen LogP contribution in [0.2, 0.25) is 0 Å². The molecule has 2 aromatic rings. The molecule has 2 rings (SSSR count). The number of amides is 3. The predicted molar refractivity (Wildman–Crippen MR) is 149 cm³/mol. The molecule has 0 fully saturated rings. The molecule has 202 valence electrons. The van der Waals surface area contributed by atoms with E-state index in [1.807, 2.05) is 49.1 Å². The number of nitrogens with one attached hydrogen (secondary N) is 1. The highest BCUT2D eigenvalue weighted by Crippen LogP contribution is 2.13. The quantitative estimate of drug-likeness (QED) is 0.401. The largest absolute Gasteiger partial charge is 0.347 e. The Labute approximate surface area is 222 Å². The fraction of sp³-hybridized carbons (Fsp3) is 0.500. The van der Waals surface area contributed by atoms with E-state index in [-0.39, 0.29) is 29.7 Å². The van der Waals surface area contributed by atoms with Crippen molar-refractivity contribution in [2.24, 2.45) is 11.7 Å². The van der Waals surface area contributed by atoms with Crippen molar-refractivity contribution in [2.75, 3.05) is 26.2 Å². The first-order chi connectivity index (χ1) is 17.7. The van der Waals surface area contributed by atoms with Gasteiger partial charge in [0.2, 0.25) is 5.91 Å². The van der Waals surface area contributed by atoms with Crippen LogP contribution in [0, 0.1) is 5.92 Å². The molecule has 0 saturated carbocycles. The highest BCUT2D eigenvalue weighted by atomic mass is 16.2. The second-order valence-electron chi connectivity index (χ2n) is 10.2. The first-order valence-electron chi connectivity index (χ1n) is 13.4. The van der Waals surface area contributed by atoms with Crippen LogP contribution in [-0.2, 0) is 11.2 Å². The van der Waals surface area contributed by atoms with Gasteiger partial charge in [-0.1, -0.05) is 64.1 Å². The smallest absolute Gasteiger partial charge is 0.253 e. The number of nitrogens with zero attached hydrogens (tertiary/aromatic N) is 2. The Morgan fingerprint density at radius 2 is 1.46 bits per heavy atom. The number of benzene rings is 2. The topological polar surface area (TPSA) is 95.7 Å². The summed E-state index contributed by atoms with van der Waals surface area (Å²) in [7, 11) is 0. The first kappa shape index (κ1) is 30.0. The van der Waals surface area contributed by atoms with E-state index in [1.54, 1.807) is 36.1 Å². The zero-order valence-electron chi connectivity index (χ0n) is 23.1. The Kier molecular flexibility index (Phi) is 12.3. The molecule has 3 amide bonds. The summed E-state index contributed by atoms with van der Waals surface area (Å²) in [5.74, 6) is -0.219. The van der Waals surface area contributed by atoms with Crippen molar-refractivity contribution >= 4 is 17.7 Å². The number of nitrogens with two attached hydrogens (primary N) is 1. The van der Waals surface area contributed by atoms with Crippen molar-refractivity contribution in [3.05, 3.63) is 71.3 Å². The SMILES string of the molecule is CCCN(CCC)C(=O)c1cccc(C(=O)N[C@@H](Cc2ccccc2)CN(CC(C)C)C(=O)[C@H](C)N)c1. The second kappa shape index (κ2) is 15.2. The predicted octanol–water partition coefficient (Wildman–Crippen LogP) is 4.12. The van der Waals surface area contributed by atoms with Gasteiger partial charge >= 0.3 is 0 Å². The molecule has 0 radical (unpaired) electrons. The molecule has 2 aromatic carbocycles. The van der Waals surface area contributed by atoms with Crippen LogP contribution >= 0.6 is 0 Å². The van der Waals surface area contributed by atoms with Gasteiger partial charge in [-0.15, -0.1) is 0 Å². The van der Waals surface area contributed by atoms with Crippen molar-refractivity contribution < 1.29 is 14.4 Å². The fourth-order valence-electron chi connectivity index (χ4n) is 4.41. The van der Waals surface area contributed by atoms with Gasteiger partial charge < -0.3 is 20.9 Å². The molecule has 0 bridgehead atoms. The van der Waals surface area contributed by atoms with Gasteiger partial charge in [0.1, 0.15) is 0 Å². The van der Waals surface area contributed by atoms with Crippen molar-refractivity contribution in [1.82, 2.24) is 15.1 Å². The minimum atomic E-state index is -0.622. The minimum Gasteiger partial charge on any atom is -0.347 e. The molecule has 0 aliphatic heterocycles. The van der Waals surface area contributed by atoms with E-state index >= 15 is 0 Å². The Morgan fingerprint density at radius 3 is 2.03 bits per heavy atom. The van der Waals surface area contributed by atoms with Crippen molar-refractivity contribution in [3.8, 4) is 0 Å². The Hall–Kier alpha value is -3.19. The highest BCUT2D eigenvalue weighted by molar-refractivity contribution is 5.99. The van der Waals surface area contributed by atoms with Crippen molar-refractivity contribution in [2.45, 2.75) is 66.0 Å². The summed E-state index contributed by atoms with van der Waals surface area (Å²) in [5.41, 5.74) is 7.92. The summed E-state index contributed by atoms with van der Waals surface area (Å²) < 4.78 is 0. The Bertz CT molecular complexity index is 1000. The molecule has 0 unspecified atom stereocenters. The normalized spacial score (nSPS) is 12.6. The molecule has 7 nitrogen and oxygen atoms in total. The van der Waals surface area contributed by atoms with Crippen LogP contribution in [0.1, 0.15) is 73.7 Å². The monoisotopic (exact) mass is 508 g/mol. The lowest BCUT2D eigenvalue weighted by Gasteiger charge is -2.31. The molecule has 2 atom stereocenters. The third-order valence-corrected chi connectivity index (χ3v) is 6.03. The van der Waals surface area contributed by atoms with E-state index in [0.29, 0.717) is 43.7 Å². The number of carbonyl (C=O) groups excluding carboxylic acids is 3. The van der Waals surface area contributed by atoms with Crippen LogP contribution in [0.15, 0.2) is 54.6 Å². The third-order valence-electron chi connectivity index (χ3n) is 6.03. The van der Waals surface area contributed by atoms with Crippen LogP contribution in [0.25, 0.3) is 0 Å². The molecule has 0 heterocycles. The molecule has 0 saturated heterocycles. The van der Waals surface area contributed by atoms with Gasteiger partial charge in [0.25, 0.3) is 11.8 Å². The molecular formula is C30H44N4O3. The standard InChI is InChI=1S/C30H44N4O3/c1-6-16-33(17-7-2)30(37)26-15-11-14-25(19-26)28(35)32-27(18-24-12-9-8-10-13-24)21-34(20-22(3)4)29(36)23(5)31/h8-15,19,22-23,27H,6-7,16-18,20-21,31H2,1-5H3,(H,32,35)/t23-,27-/m0/s1. The maximum Gasteiger partial charge on any atom is 0.253 e. The Morgan fingerprint density at radius 1 is 0.838 bits per heavy atom. The highest BCUT2D eigenvalue weighted by Gasteiger charge is 2.24. The van der Waals surface area contributed by atoms with E-state index < -0.39 is 6.04 Å². The van der Waals surface area contributed by atoms with Gasteiger partial charge in [-0.3, -0.25) is 14.4 Å². The molecular weight excluding hydrogens is 464 g/mol. The summed E-state index contributed by atoms with van der Waals surface area (Å²) in [6.07, 6.45) is 2.31. The summed E-state index contributed by atoms with van der Waals surface area (Å²) in [6, 6.07) is 15.8. The van der Waals surface area contributed by atoms with Crippen LogP contribution in [-0.4, -0.2) is 65.8 Å². The average molecular weight is 509 g/mol. The van der Waals surface area contributed by atoms with Gasteiger partial charge in [0.05, 0.1) is 12.1 Å². The van der Waals surface area contributed by atoms with Crippen LogP contribution in [0.3, 0.4) is 0 Å². The summed E-state index contributed by atoms with van der Waals surface area (Å²) in [5, 5.41) is 3.13. The maximum atomic E-state index is 13.4. The van der Waals surface area contributed by atoms with Crippen LogP contribution < -0.4 is 11.1 Å². The molecule has 0 aliphatic rings. The van der Waals surface area contributed by atoms with Gasteiger partial charge in [0.15, 0.2) is 0 Å². The zero-order valence-corrected chi connectivity index (χ0v) is 23.1. The third kappa shape index (κ3) is 9.65. The lowest BCUT2D eigenvalue weighted by atomic mass is 10.0. The molecule has 7 heteroatoms. The minimum absolute atomic E-state index is 0.0650. The molecule has 0 aromatic heterocycles. The molecule has 0 spiro atoms. The van der Waals surface area contributed by atoms with Crippen LogP contribution in [0.5, 0.6) is 0 Å². The number of carbonyl (C=O) groups is 3. The van der Waals surface area contributed by atoms with Crippen molar-refractivity contribution in [3.63, 3.8) is 0 Å². The van der Waals surface area contributed by atoms with E-state index in [4.69, 9.17) is 5.73 Å². The number of rotatable bonds is 14. The molecule has 3 N–H and O–H groups in total. The van der Waals surface area contributed by atoms with Gasteiger partial charge in [-0.2, -0.15) is 0 Å². The molecule has 37 heavy (non-hydrogen) atoms. The molecule has 0 aliphatic carbocycles. The number of hydrogen-bond acceptors (Lipinski definition) is 4. The number of hydrogen-bond donors (Lipinski definition) is 2. The van der Waals surface area contributed by atoms with Crippen molar-refractivity contribution in [1.29, 1.82) is 0 Å². The average Bonchev–Trinajstić information content (AvgIpc) is 2.87. The van der Waals surface area contributed by atoms with Gasteiger partial charge in [-0.25, -0.2) is 0 Å². The first-order valence-corrected chi connectivity index (χ1v) is 13.4. The van der Waals surface area contributed by atoms with Gasteiger partial charge in [-0.05, 0) is 55.9 Å². The Balaban J connectivity index is 2.28. The van der Waals surface area contributed by atoms with E-state index in [2.05, 4.69) is 19.2 Å². The fourth-order valence-corrected chi connectivity index (χ4v) is 4.41. The summed E-state index contributed by atoms with van der Waals surface area (Å²) in [4.78, 5) is 42.9. The van der Waals surface area contributed by atoms with Gasteiger partial charge in [0, 0.05) is 37.3 Å². The lowest BCUT2D eigenvalue weighted by Crippen LogP contribution is -2.51. The van der Waals surface area contributed by atoms with E-state index in [0.717, 1.165) is 18.4 Å². The maximum absolute atomic E-state index is 13.4. The zero-order chi connectivity index (χ0) is 27.4.